The first-order valence-corrected chi connectivity index (χ1v) is 5.34. The molecule has 0 N–H and O–H groups in total. The fraction of sp³-hybridized carbons (Fsp3) is 0.875. The molecular formula is C8H12O3S. The summed E-state index contributed by atoms with van der Waals surface area (Å²) in [7, 11) is 0. The van der Waals surface area contributed by atoms with Crippen molar-refractivity contribution >= 4 is 18.0 Å². The summed E-state index contributed by atoms with van der Waals surface area (Å²) in [5.41, 5.74) is 0. The van der Waals surface area contributed by atoms with E-state index >= 15 is 0 Å². The van der Waals surface area contributed by atoms with Crippen LogP contribution in [-0.4, -0.2) is 36.8 Å². The first-order chi connectivity index (χ1) is 5.87. The molecule has 2 heterocycles. The summed E-state index contributed by atoms with van der Waals surface area (Å²) >= 11 is 1.80. The van der Waals surface area contributed by atoms with E-state index in [-0.39, 0.29) is 5.92 Å². The zero-order valence-electron chi connectivity index (χ0n) is 6.82. The average molecular weight is 188 g/mol. The standard InChI is InChI=1S/C8H12O3S/c9-5-7-6-12-4-1-8(7)10-2-3-11-8/h5,7H,1-4,6H2/t7-/m0/s1. The van der Waals surface area contributed by atoms with E-state index < -0.39 is 5.79 Å². The summed E-state index contributed by atoms with van der Waals surface area (Å²) < 4.78 is 11.0. The largest absolute Gasteiger partial charge is 0.347 e. The van der Waals surface area contributed by atoms with Gasteiger partial charge in [-0.1, -0.05) is 0 Å². The smallest absolute Gasteiger partial charge is 0.179 e. The highest BCUT2D eigenvalue weighted by Gasteiger charge is 2.46. The Hall–Kier alpha value is -0.0600. The topological polar surface area (TPSA) is 35.5 Å². The van der Waals surface area contributed by atoms with Crippen molar-refractivity contribution in [3.05, 3.63) is 0 Å². The molecule has 0 amide bonds. The van der Waals surface area contributed by atoms with Crippen LogP contribution < -0.4 is 0 Å². The summed E-state index contributed by atoms with van der Waals surface area (Å²) in [4.78, 5) is 10.7. The van der Waals surface area contributed by atoms with Crippen LogP contribution in [0.3, 0.4) is 0 Å². The minimum absolute atomic E-state index is 0.0706. The van der Waals surface area contributed by atoms with Crippen molar-refractivity contribution in [1.29, 1.82) is 0 Å². The Balaban J connectivity index is 2.12. The van der Waals surface area contributed by atoms with Gasteiger partial charge in [0.2, 0.25) is 0 Å². The molecule has 2 aliphatic rings. The lowest BCUT2D eigenvalue weighted by atomic mass is 9.99. The van der Waals surface area contributed by atoms with Gasteiger partial charge in [-0.25, -0.2) is 0 Å². The van der Waals surface area contributed by atoms with Crippen LogP contribution in [0.1, 0.15) is 6.42 Å². The van der Waals surface area contributed by atoms with Crippen LogP contribution in [0.25, 0.3) is 0 Å². The van der Waals surface area contributed by atoms with E-state index in [0.29, 0.717) is 13.2 Å². The lowest BCUT2D eigenvalue weighted by Gasteiger charge is -2.35. The zero-order valence-corrected chi connectivity index (χ0v) is 7.64. The van der Waals surface area contributed by atoms with Gasteiger partial charge in [-0.3, -0.25) is 0 Å². The summed E-state index contributed by atoms with van der Waals surface area (Å²) in [6.45, 7) is 1.27. The van der Waals surface area contributed by atoms with Crippen molar-refractivity contribution in [2.24, 2.45) is 5.92 Å². The molecule has 2 aliphatic heterocycles. The third-order valence-electron chi connectivity index (χ3n) is 2.40. The SMILES string of the molecule is O=C[C@H]1CSCCC12OCCO2. The third-order valence-corrected chi connectivity index (χ3v) is 3.49. The Labute approximate surface area is 75.8 Å². The average Bonchev–Trinajstić information content (AvgIpc) is 2.55. The van der Waals surface area contributed by atoms with Gasteiger partial charge in [0, 0.05) is 12.2 Å². The Morgan fingerprint density at radius 1 is 1.42 bits per heavy atom. The molecule has 4 heteroatoms. The summed E-state index contributed by atoms with van der Waals surface area (Å²) in [5.74, 6) is 1.25. The molecule has 2 rings (SSSR count). The summed E-state index contributed by atoms with van der Waals surface area (Å²) in [6.07, 6.45) is 1.82. The van der Waals surface area contributed by atoms with Crippen LogP contribution in [0.4, 0.5) is 0 Å². The van der Waals surface area contributed by atoms with Gasteiger partial charge >= 0.3 is 0 Å². The van der Waals surface area contributed by atoms with Gasteiger partial charge in [0.25, 0.3) is 0 Å². The van der Waals surface area contributed by atoms with Crippen molar-refractivity contribution in [2.75, 3.05) is 24.7 Å². The van der Waals surface area contributed by atoms with Gasteiger partial charge in [0.1, 0.15) is 6.29 Å². The number of aldehydes is 1. The Morgan fingerprint density at radius 2 is 2.17 bits per heavy atom. The van der Waals surface area contributed by atoms with Crippen LogP contribution in [-0.2, 0) is 14.3 Å². The first-order valence-electron chi connectivity index (χ1n) is 4.18. The van der Waals surface area contributed by atoms with E-state index in [1.807, 2.05) is 0 Å². The van der Waals surface area contributed by atoms with Gasteiger partial charge < -0.3 is 14.3 Å². The zero-order chi connectivity index (χ0) is 8.44. The molecule has 1 spiro atoms. The molecular weight excluding hydrogens is 176 g/mol. The van der Waals surface area contributed by atoms with Gasteiger partial charge in [0.05, 0.1) is 19.1 Å². The van der Waals surface area contributed by atoms with E-state index in [4.69, 9.17) is 9.47 Å². The van der Waals surface area contributed by atoms with Crippen LogP contribution >= 0.6 is 11.8 Å². The number of ether oxygens (including phenoxy) is 2. The highest BCUT2D eigenvalue weighted by Crippen LogP contribution is 2.37. The van der Waals surface area contributed by atoms with Gasteiger partial charge in [0.15, 0.2) is 5.79 Å². The number of carbonyl (C=O) groups is 1. The van der Waals surface area contributed by atoms with E-state index in [1.54, 1.807) is 11.8 Å². The maximum absolute atomic E-state index is 10.7. The van der Waals surface area contributed by atoms with Gasteiger partial charge in [-0.15, -0.1) is 0 Å². The lowest BCUT2D eigenvalue weighted by Crippen LogP contribution is -2.44. The number of carbonyl (C=O) groups excluding carboxylic acids is 1. The predicted molar refractivity (Wildman–Crippen MR) is 46.1 cm³/mol. The second kappa shape index (κ2) is 3.36. The monoisotopic (exact) mass is 188 g/mol. The molecule has 68 valence electrons. The maximum atomic E-state index is 10.7. The minimum atomic E-state index is -0.549. The Morgan fingerprint density at radius 3 is 2.83 bits per heavy atom. The molecule has 12 heavy (non-hydrogen) atoms. The highest BCUT2D eigenvalue weighted by atomic mass is 32.2. The van der Waals surface area contributed by atoms with Crippen LogP contribution in [0.2, 0.25) is 0 Å². The van der Waals surface area contributed by atoms with Crippen molar-refractivity contribution in [3.8, 4) is 0 Å². The summed E-state index contributed by atoms with van der Waals surface area (Å²) in [6, 6.07) is 0. The third kappa shape index (κ3) is 1.28. The molecule has 2 fully saturated rings. The quantitative estimate of drug-likeness (QED) is 0.567. The van der Waals surface area contributed by atoms with E-state index in [1.165, 1.54) is 0 Å². The number of hydrogen-bond acceptors (Lipinski definition) is 4. The van der Waals surface area contributed by atoms with Gasteiger partial charge in [-0.05, 0) is 5.75 Å². The molecule has 1 atom stereocenters. The molecule has 0 aliphatic carbocycles. The van der Waals surface area contributed by atoms with Crippen LogP contribution in [0.5, 0.6) is 0 Å². The molecule has 0 aromatic rings. The Bertz CT molecular complexity index is 177. The van der Waals surface area contributed by atoms with Gasteiger partial charge in [-0.2, -0.15) is 11.8 Å². The molecule has 0 saturated carbocycles. The molecule has 0 aromatic carbocycles. The van der Waals surface area contributed by atoms with Crippen molar-refractivity contribution < 1.29 is 14.3 Å². The molecule has 0 aromatic heterocycles. The number of thioether (sulfide) groups is 1. The molecule has 0 bridgehead atoms. The minimum Gasteiger partial charge on any atom is -0.347 e. The lowest BCUT2D eigenvalue weighted by molar-refractivity contribution is -0.190. The number of hydrogen-bond donors (Lipinski definition) is 0. The molecule has 2 saturated heterocycles. The molecule has 3 nitrogen and oxygen atoms in total. The van der Waals surface area contributed by atoms with Crippen molar-refractivity contribution in [3.63, 3.8) is 0 Å². The van der Waals surface area contributed by atoms with Crippen molar-refractivity contribution in [1.82, 2.24) is 0 Å². The highest BCUT2D eigenvalue weighted by molar-refractivity contribution is 7.99. The maximum Gasteiger partial charge on any atom is 0.179 e. The number of rotatable bonds is 1. The van der Waals surface area contributed by atoms with E-state index in [2.05, 4.69) is 0 Å². The van der Waals surface area contributed by atoms with Crippen LogP contribution in [0, 0.1) is 5.92 Å². The second-order valence-corrected chi connectivity index (χ2v) is 4.23. The second-order valence-electron chi connectivity index (χ2n) is 3.08. The first kappa shape index (κ1) is 8.53. The van der Waals surface area contributed by atoms with E-state index in [0.717, 1.165) is 24.2 Å². The van der Waals surface area contributed by atoms with E-state index in [9.17, 15) is 4.79 Å². The summed E-state index contributed by atoms with van der Waals surface area (Å²) in [5, 5.41) is 0. The fourth-order valence-electron chi connectivity index (χ4n) is 1.71. The van der Waals surface area contributed by atoms with Crippen molar-refractivity contribution in [2.45, 2.75) is 12.2 Å². The normalized spacial score (nSPS) is 33.8. The molecule has 0 unspecified atom stereocenters. The Kier molecular flexibility index (Phi) is 2.39. The van der Waals surface area contributed by atoms with Crippen LogP contribution in [0.15, 0.2) is 0 Å². The molecule has 0 radical (unpaired) electrons. The predicted octanol–water partition coefficient (Wildman–Crippen LogP) is 0.681. The fourth-order valence-corrected chi connectivity index (χ4v) is 2.89.